The van der Waals surface area contributed by atoms with Crippen molar-refractivity contribution in [2.45, 2.75) is 57.7 Å². The van der Waals surface area contributed by atoms with E-state index in [0.717, 1.165) is 25.7 Å². The second-order valence-corrected chi connectivity index (χ2v) is 6.02. The molecule has 20 heavy (non-hydrogen) atoms. The van der Waals surface area contributed by atoms with Gasteiger partial charge in [0.05, 0.1) is 18.1 Å². The van der Waals surface area contributed by atoms with Crippen molar-refractivity contribution in [3.8, 4) is 5.75 Å². The van der Waals surface area contributed by atoms with Crippen molar-refractivity contribution < 1.29 is 14.3 Å². The highest BCUT2D eigenvalue weighted by Crippen LogP contribution is 2.39. The third-order valence-corrected chi connectivity index (χ3v) is 4.62. The molecule has 0 radical (unpaired) electrons. The molecule has 1 saturated carbocycles. The Labute approximate surface area is 120 Å². The molecule has 2 aliphatic rings. The zero-order valence-electron chi connectivity index (χ0n) is 12.2. The van der Waals surface area contributed by atoms with E-state index in [9.17, 15) is 4.79 Å². The summed E-state index contributed by atoms with van der Waals surface area (Å²) in [6.07, 6.45) is 4.57. The fraction of sp³-hybridized carbons (Fsp3) is 0.588. The summed E-state index contributed by atoms with van der Waals surface area (Å²) in [5.41, 5.74) is 1.29. The van der Waals surface area contributed by atoms with E-state index in [1.165, 1.54) is 5.56 Å². The fourth-order valence-electron chi connectivity index (χ4n) is 2.92. The number of hydrogen-bond acceptors (Lipinski definition) is 3. The highest BCUT2D eigenvalue weighted by Gasteiger charge is 2.46. The predicted molar refractivity (Wildman–Crippen MR) is 76.8 cm³/mol. The van der Waals surface area contributed by atoms with Crippen molar-refractivity contribution in [3.63, 3.8) is 0 Å². The zero-order chi connectivity index (χ0) is 14.1. The molecule has 1 aliphatic heterocycles. The molecule has 0 bridgehead atoms. The molecule has 0 amide bonds. The van der Waals surface area contributed by atoms with Crippen molar-refractivity contribution in [2.24, 2.45) is 5.92 Å². The van der Waals surface area contributed by atoms with Crippen LogP contribution < -0.4 is 4.74 Å². The first-order valence-electron chi connectivity index (χ1n) is 7.64. The van der Waals surface area contributed by atoms with Crippen LogP contribution in [-0.2, 0) is 9.53 Å². The lowest BCUT2D eigenvalue weighted by molar-refractivity contribution is -0.139. The van der Waals surface area contributed by atoms with Crippen molar-refractivity contribution in [2.75, 3.05) is 0 Å². The molecule has 1 aromatic rings. The lowest BCUT2D eigenvalue weighted by Gasteiger charge is -2.17. The zero-order valence-corrected chi connectivity index (χ0v) is 12.2. The summed E-state index contributed by atoms with van der Waals surface area (Å²) < 4.78 is 10.9. The Morgan fingerprint density at radius 3 is 2.70 bits per heavy atom. The number of esters is 1. The molecule has 108 valence electrons. The number of benzene rings is 1. The molecule has 4 unspecified atom stereocenters. The van der Waals surface area contributed by atoms with Gasteiger partial charge in [0.2, 0.25) is 0 Å². The van der Waals surface area contributed by atoms with Gasteiger partial charge in [-0.05, 0) is 49.3 Å². The normalized spacial score (nSPS) is 29.4. The summed E-state index contributed by atoms with van der Waals surface area (Å²) in [4.78, 5) is 12.1. The number of hydrogen-bond donors (Lipinski definition) is 0. The van der Waals surface area contributed by atoms with E-state index < -0.39 is 0 Å². The van der Waals surface area contributed by atoms with Crippen LogP contribution in [0.25, 0.3) is 0 Å². The number of epoxide rings is 1. The van der Waals surface area contributed by atoms with Gasteiger partial charge in [-0.3, -0.25) is 4.79 Å². The monoisotopic (exact) mass is 274 g/mol. The molecular weight excluding hydrogens is 252 g/mol. The van der Waals surface area contributed by atoms with Crippen LogP contribution >= 0.6 is 0 Å². The number of ether oxygens (including phenoxy) is 2. The van der Waals surface area contributed by atoms with E-state index in [2.05, 4.69) is 26.0 Å². The second kappa shape index (κ2) is 5.57. The third-order valence-electron chi connectivity index (χ3n) is 4.62. The summed E-state index contributed by atoms with van der Waals surface area (Å²) in [7, 11) is 0. The molecule has 1 saturated heterocycles. The summed E-state index contributed by atoms with van der Waals surface area (Å²) in [5, 5.41) is 0. The summed E-state index contributed by atoms with van der Waals surface area (Å²) in [6.45, 7) is 4.38. The summed E-state index contributed by atoms with van der Waals surface area (Å²) in [6, 6.07) is 7.91. The molecule has 0 N–H and O–H groups in total. The van der Waals surface area contributed by atoms with E-state index in [1.54, 1.807) is 0 Å². The maximum atomic E-state index is 12.1. The van der Waals surface area contributed by atoms with Gasteiger partial charge in [0, 0.05) is 0 Å². The van der Waals surface area contributed by atoms with Crippen LogP contribution in [0.5, 0.6) is 5.75 Å². The Morgan fingerprint density at radius 1 is 1.30 bits per heavy atom. The van der Waals surface area contributed by atoms with E-state index in [4.69, 9.17) is 9.47 Å². The smallest absolute Gasteiger partial charge is 0.314 e. The first-order valence-corrected chi connectivity index (χ1v) is 7.64. The molecular formula is C17H22O3. The van der Waals surface area contributed by atoms with Gasteiger partial charge in [0.25, 0.3) is 0 Å². The number of fused-ring (bicyclic) bond motifs is 1. The largest absolute Gasteiger partial charge is 0.426 e. The van der Waals surface area contributed by atoms with Gasteiger partial charge in [-0.15, -0.1) is 0 Å². The topological polar surface area (TPSA) is 38.8 Å². The first-order chi connectivity index (χ1) is 9.67. The SMILES string of the molecule is CCC(C)c1ccc(OC(=O)C2CCC3OC3C2)cc1. The maximum absolute atomic E-state index is 12.1. The molecule has 0 spiro atoms. The van der Waals surface area contributed by atoms with Gasteiger partial charge in [0.1, 0.15) is 5.75 Å². The van der Waals surface area contributed by atoms with Crippen LogP contribution in [0.15, 0.2) is 24.3 Å². The molecule has 3 rings (SSSR count). The number of carbonyl (C=O) groups is 1. The molecule has 2 fully saturated rings. The van der Waals surface area contributed by atoms with Crippen molar-refractivity contribution in [3.05, 3.63) is 29.8 Å². The third kappa shape index (κ3) is 2.88. The highest BCUT2D eigenvalue weighted by molar-refractivity contribution is 5.75. The van der Waals surface area contributed by atoms with Gasteiger partial charge in [-0.1, -0.05) is 26.0 Å². The Balaban J connectivity index is 1.58. The minimum Gasteiger partial charge on any atom is -0.426 e. The van der Waals surface area contributed by atoms with Gasteiger partial charge in [-0.2, -0.15) is 0 Å². The Kier molecular flexibility index (Phi) is 3.79. The van der Waals surface area contributed by atoms with Crippen molar-refractivity contribution in [1.82, 2.24) is 0 Å². The molecule has 3 heteroatoms. The van der Waals surface area contributed by atoms with Crippen LogP contribution in [0.2, 0.25) is 0 Å². The van der Waals surface area contributed by atoms with Crippen LogP contribution in [0.3, 0.4) is 0 Å². The minimum atomic E-state index is -0.102. The number of rotatable bonds is 4. The van der Waals surface area contributed by atoms with Crippen LogP contribution in [0.1, 0.15) is 51.0 Å². The molecule has 4 atom stereocenters. The lowest BCUT2D eigenvalue weighted by Crippen LogP contribution is -2.25. The van der Waals surface area contributed by atoms with E-state index in [1.807, 2.05) is 12.1 Å². The van der Waals surface area contributed by atoms with Crippen molar-refractivity contribution in [1.29, 1.82) is 0 Å². The first kappa shape index (κ1) is 13.6. The van der Waals surface area contributed by atoms with Crippen LogP contribution in [0, 0.1) is 5.92 Å². The minimum absolute atomic E-state index is 0.00740. The van der Waals surface area contributed by atoms with E-state index in [0.29, 0.717) is 23.9 Å². The van der Waals surface area contributed by atoms with Gasteiger partial charge >= 0.3 is 5.97 Å². The number of carbonyl (C=O) groups excluding carboxylic acids is 1. The molecule has 3 nitrogen and oxygen atoms in total. The predicted octanol–water partition coefficient (Wildman–Crippen LogP) is 3.67. The van der Waals surface area contributed by atoms with Gasteiger partial charge in [0.15, 0.2) is 0 Å². The van der Waals surface area contributed by atoms with Gasteiger partial charge < -0.3 is 9.47 Å². The van der Waals surface area contributed by atoms with Gasteiger partial charge in [-0.25, -0.2) is 0 Å². The molecule has 0 aromatic heterocycles. The van der Waals surface area contributed by atoms with E-state index in [-0.39, 0.29) is 11.9 Å². The average Bonchev–Trinajstić information content (AvgIpc) is 3.25. The standard InChI is InChI=1S/C17H22O3/c1-3-11(2)12-4-7-14(8-5-12)19-17(18)13-6-9-15-16(10-13)20-15/h4-5,7-8,11,13,15-16H,3,6,9-10H2,1-2H3. The average molecular weight is 274 g/mol. The molecule has 1 heterocycles. The highest BCUT2D eigenvalue weighted by atomic mass is 16.6. The summed E-state index contributed by atoms with van der Waals surface area (Å²) >= 11 is 0. The quantitative estimate of drug-likeness (QED) is 0.477. The Hall–Kier alpha value is -1.35. The lowest BCUT2D eigenvalue weighted by atomic mass is 9.89. The summed E-state index contributed by atoms with van der Waals surface area (Å²) in [5.74, 6) is 1.10. The molecule has 1 aromatic carbocycles. The molecule has 1 aliphatic carbocycles. The van der Waals surface area contributed by atoms with Crippen LogP contribution in [0.4, 0.5) is 0 Å². The maximum Gasteiger partial charge on any atom is 0.314 e. The van der Waals surface area contributed by atoms with Crippen LogP contribution in [-0.4, -0.2) is 18.2 Å². The van der Waals surface area contributed by atoms with Crippen molar-refractivity contribution >= 4 is 5.97 Å². The second-order valence-electron chi connectivity index (χ2n) is 6.02. The Morgan fingerprint density at radius 2 is 2.05 bits per heavy atom. The fourth-order valence-corrected chi connectivity index (χ4v) is 2.92. The van der Waals surface area contributed by atoms with E-state index >= 15 is 0 Å². The Bertz CT molecular complexity index is 480.